The van der Waals surface area contributed by atoms with Gasteiger partial charge in [-0.3, -0.25) is 0 Å². The molecule has 0 spiro atoms. The third-order valence-electron chi connectivity index (χ3n) is 2.46. The predicted molar refractivity (Wildman–Crippen MR) is 84.5 cm³/mol. The van der Waals surface area contributed by atoms with Gasteiger partial charge in [0.05, 0.1) is 14.7 Å². The van der Waals surface area contributed by atoms with Crippen molar-refractivity contribution in [1.82, 2.24) is 0 Å². The number of hydrogen-bond acceptors (Lipinski definition) is 3. The van der Waals surface area contributed by atoms with Crippen molar-refractivity contribution < 1.29 is 9.84 Å². The Morgan fingerprint density at radius 1 is 1.17 bits per heavy atom. The first-order chi connectivity index (χ1) is 8.52. The van der Waals surface area contributed by atoms with Crippen LogP contribution in [0.3, 0.4) is 0 Å². The zero-order valence-corrected chi connectivity index (χ0v) is 14.9. The Hall–Kier alpha value is 0.120. The number of benzene rings is 1. The highest BCUT2D eigenvalue weighted by Crippen LogP contribution is 2.40. The lowest BCUT2D eigenvalue weighted by atomic mass is 10.0. The number of ether oxygens (including phenoxy) is 1. The van der Waals surface area contributed by atoms with Crippen LogP contribution in [0.2, 0.25) is 0 Å². The Balaban J connectivity index is 2.48. The van der Waals surface area contributed by atoms with Gasteiger partial charge in [-0.05, 0) is 56.1 Å². The summed E-state index contributed by atoms with van der Waals surface area (Å²) >= 11 is 11.8. The van der Waals surface area contributed by atoms with Crippen LogP contribution in [-0.2, 0) is 0 Å². The van der Waals surface area contributed by atoms with Crippen molar-refractivity contribution in [1.29, 1.82) is 0 Å². The van der Waals surface area contributed by atoms with Gasteiger partial charge in [0.15, 0.2) is 0 Å². The van der Waals surface area contributed by atoms with E-state index in [9.17, 15) is 5.11 Å². The molecule has 1 atom stereocenters. The summed E-state index contributed by atoms with van der Waals surface area (Å²) in [5.41, 5.74) is 1.56. The summed E-state index contributed by atoms with van der Waals surface area (Å²) in [6.07, 6.45) is -0.727. The second kappa shape index (κ2) is 6.05. The third kappa shape index (κ3) is 2.99. The normalized spacial score (nSPS) is 12.5. The van der Waals surface area contributed by atoms with Gasteiger partial charge in [-0.2, -0.15) is 0 Å². The molecule has 0 bridgehead atoms. The highest BCUT2D eigenvalue weighted by molar-refractivity contribution is 9.12. The van der Waals surface area contributed by atoms with Gasteiger partial charge >= 0.3 is 0 Å². The molecule has 18 heavy (non-hydrogen) atoms. The number of thiophene rings is 1. The molecule has 0 fully saturated rings. The number of methoxy groups -OCH3 is 1. The lowest BCUT2D eigenvalue weighted by molar-refractivity contribution is 0.214. The van der Waals surface area contributed by atoms with E-state index in [4.69, 9.17) is 4.74 Å². The average molecular weight is 457 g/mol. The summed E-state index contributed by atoms with van der Waals surface area (Å²) in [6, 6.07) is 7.48. The SMILES string of the molecule is COc1ccc(Br)cc1C(O)c1cc(Br)sc1Br. The summed E-state index contributed by atoms with van der Waals surface area (Å²) in [6.45, 7) is 0. The van der Waals surface area contributed by atoms with E-state index in [0.29, 0.717) is 5.75 Å². The maximum Gasteiger partial charge on any atom is 0.125 e. The summed E-state index contributed by atoms with van der Waals surface area (Å²) in [7, 11) is 1.60. The van der Waals surface area contributed by atoms with E-state index in [1.165, 1.54) is 11.3 Å². The van der Waals surface area contributed by atoms with Crippen molar-refractivity contribution in [2.75, 3.05) is 7.11 Å². The Kier molecular flexibility index (Phi) is 4.88. The molecule has 0 saturated heterocycles. The average Bonchev–Trinajstić information content (AvgIpc) is 2.67. The van der Waals surface area contributed by atoms with E-state index in [-0.39, 0.29) is 0 Å². The van der Waals surface area contributed by atoms with E-state index in [0.717, 1.165) is 23.2 Å². The third-order valence-corrected chi connectivity index (χ3v) is 5.34. The van der Waals surface area contributed by atoms with Gasteiger partial charge in [0, 0.05) is 15.6 Å². The first-order valence-electron chi connectivity index (χ1n) is 4.99. The lowest BCUT2D eigenvalue weighted by Crippen LogP contribution is -2.02. The minimum absolute atomic E-state index is 0.667. The van der Waals surface area contributed by atoms with E-state index in [1.54, 1.807) is 7.11 Å². The Morgan fingerprint density at radius 3 is 2.44 bits per heavy atom. The zero-order valence-electron chi connectivity index (χ0n) is 9.28. The van der Waals surface area contributed by atoms with E-state index >= 15 is 0 Å². The molecule has 2 aromatic rings. The molecular formula is C12H9Br3O2S. The molecule has 1 heterocycles. The summed E-state index contributed by atoms with van der Waals surface area (Å²) in [5, 5.41) is 10.5. The van der Waals surface area contributed by atoms with Gasteiger partial charge in [-0.15, -0.1) is 11.3 Å². The van der Waals surface area contributed by atoms with Gasteiger partial charge in [0.2, 0.25) is 0 Å². The van der Waals surface area contributed by atoms with Crippen LogP contribution in [0, 0.1) is 0 Å². The second-order valence-electron chi connectivity index (χ2n) is 3.57. The number of aliphatic hydroxyl groups is 1. The molecule has 2 nitrogen and oxygen atoms in total. The van der Waals surface area contributed by atoms with Gasteiger partial charge in [0.1, 0.15) is 11.9 Å². The molecule has 1 unspecified atom stereocenters. The molecule has 0 aliphatic rings. The van der Waals surface area contributed by atoms with Crippen LogP contribution in [0.4, 0.5) is 0 Å². The van der Waals surface area contributed by atoms with Crippen LogP contribution >= 0.6 is 59.1 Å². The van der Waals surface area contributed by atoms with Gasteiger partial charge < -0.3 is 9.84 Å². The standard InChI is InChI=1S/C12H9Br3O2S/c1-17-9-3-2-6(13)4-7(9)11(16)8-5-10(14)18-12(8)15/h2-5,11,16H,1H3. The molecule has 0 amide bonds. The molecule has 2 rings (SSSR count). The fraction of sp³-hybridized carbons (Fsp3) is 0.167. The summed E-state index contributed by atoms with van der Waals surface area (Å²) in [4.78, 5) is 0. The van der Waals surface area contributed by atoms with Crippen LogP contribution in [0.1, 0.15) is 17.2 Å². The monoisotopic (exact) mass is 454 g/mol. The van der Waals surface area contributed by atoms with Gasteiger partial charge in [0.25, 0.3) is 0 Å². The highest BCUT2D eigenvalue weighted by atomic mass is 79.9. The van der Waals surface area contributed by atoms with Crippen LogP contribution in [0.25, 0.3) is 0 Å². The van der Waals surface area contributed by atoms with Crippen molar-refractivity contribution in [3.05, 3.63) is 47.4 Å². The fourth-order valence-corrected chi connectivity index (χ4v) is 4.89. The molecular weight excluding hydrogens is 448 g/mol. The number of aliphatic hydroxyl groups excluding tert-OH is 1. The van der Waals surface area contributed by atoms with Crippen molar-refractivity contribution in [2.24, 2.45) is 0 Å². The Labute approximate surface area is 134 Å². The van der Waals surface area contributed by atoms with Crippen molar-refractivity contribution >= 4 is 59.1 Å². The van der Waals surface area contributed by atoms with Gasteiger partial charge in [-0.25, -0.2) is 0 Å². The van der Waals surface area contributed by atoms with Crippen molar-refractivity contribution in [2.45, 2.75) is 6.10 Å². The summed E-state index contributed by atoms with van der Waals surface area (Å²) < 4.78 is 8.07. The van der Waals surface area contributed by atoms with Crippen LogP contribution in [0.5, 0.6) is 5.75 Å². The van der Waals surface area contributed by atoms with Crippen molar-refractivity contribution in [3.63, 3.8) is 0 Å². The van der Waals surface area contributed by atoms with Crippen molar-refractivity contribution in [3.8, 4) is 5.75 Å². The maximum atomic E-state index is 10.5. The quantitative estimate of drug-likeness (QED) is 0.694. The molecule has 1 N–H and O–H groups in total. The van der Waals surface area contributed by atoms with E-state index < -0.39 is 6.10 Å². The molecule has 1 aromatic carbocycles. The van der Waals surface area contributed by atoms with Gasteiger partial charge in [-0.1, -0.05) is 15.9 Å². The number of hydrogen-bond donors (Lipinski definition) is 1. The lowest BCUT2D eigenvalue weighted by Gasteiger charge is -2.14. The second-order valence-corrected chi connectivity index (χ2v) is 8.23. The highest BCUT2D eigenvalue weighted by Gasteiger charge is 2.20. The topological polar surface area (TPSA) is 29.5 Å². The molecule has 6 heteroatoms. The molecule has 96 valence electrons. The number of rotatable bonds is 3. The zero-order chi connectivity index (χ0) is 13.3. The van der Waals surface area contributed by atoms with Crippen LogP contribution < -0.4 is 4.74 Å². The smallest absolute Gasteiger partial charge is 0.125 e. The minimum Gasteiger partial charge on any atom is -0.496 e. The molecule has 0 aliphatic heterocycles. The fourth-order valence-electron chi connectivity index (χ4n) is 1.63. The largest absolute Gasteiger partial charge is 0.496 e. The maximum absolute atomic E-state index is 10.5. The molecule has 0 aliphatic carbocycles. The van der Waals surface area contributed by atoms with E-state index in [2.05, 4.69) is 47.8 Å². The predicted octanol–water partition coefficient (Wildman–Crippen LogP) is 5.13. The minimum atomic E-state index is -0.727. The first kappa shape index (κ1) is 14.5. The number of halogens is 3. The Bertz CT molecular complexity index is 568. The molecule has 0 radical (unpaired) electrons. The van der Waals surface area contributed by atoms with E-state index in [1.807, 2.05) is 24.3 Å². The Morgan fingerprint density at radius 2 is 1.89 bits per heavy atom. The molecule has 1 aromatic heterocycles. The van der Waals surface area contributed by atoms with Crippen LogP contribution in [0.15, 0.2) is 36.3 Å². The first-order valence-corrected chi connectivity index (χ1v) is 8.18. The summed E-state index contributed by atoms with van der Waals surface area (Å²) in [5.74, 6) is 0.667. The van der Waals surface area contributed by atoms with Crippen LogP contribution in [-0.4, -0.2) is 12.2 Å². The molecule has 0 saturated carbocycles.